The van der Waals surface area contributed by atoms with Crippen LogP contribution < -0.4 is 4.74 Å². The van der Waals surface area contributed by atoms with E-state index in [1.807, 2.05) is 17.0 Å². The molecule has 6 heteroatoms. The second kappa shape index (κ2) is 7.06. The van der Waals surface area contributed by atoms with Gasteiger partial charge in [0.25, 0.3) is 5.91 Å². The Morgan fingerprint density at radius 3 is 2.70 bits per heavy atom. The molecule has 1 aliphatic rings. The highest BCUT2D eigenvalue weighted by molar-refractivity contribution is 6.31. The van der Waals surface area contributed by atoms with Crippen molar-refractivity contribution >= 4 is 17.5 Å². The molecule has 23 heavy (non-hydrogen) atoms. The number of carbonyl (C=O) groups is 1. The summed E-state index contributed by atoms with van der Waals surface area (Å²) in [6.07, 6.45) is 1.68. The summed E-state index contributed by atoms with van der Waals surface area (Å²) in [4.78, 5) is 16.8. The van der Waals surface area contributed by atoms with Gasteiger partial charge in [0.2, 0.25) is 0 Å². The topological polar surface area (TPSA) is 45.9 Å². The summed E-state index contributed by atoms with van der Waals surface area (Å²) in [6, 6.07) is 8.97. The van der Waals surface area contributed by atoms with Gasteiger partial charge in [0.05, 0.1) is 25.5 Å². The molecule has 0 spiro atoms. The zero-order chi connectivity index (χ0) is 16.2. The van der Waals surface area contributed by atoms with E-state index in [0.717, 1.165) is 25.4 Å². The average molecular weight is 335 g/mol. The minimum absolute atomic E-state index is 0.0398. The number of piperazine rings is 1. The van der Waals surface area contributed by atoms with Crippen LogP contribution in [0.3, 0.4) is 0 Å². The molecule has 1 aliphatic heterocycles. The van der Waals surface area contributed by atoms with Gasteiger partial charge in [0.1, 0.15) is 11.5 Å². The number of methoxy groups -OCH3 is 1. The fraction of sp³-hybridized carbons (Fsp3) is 0.353. The maximum atomic E-state index is 12.7. The van der Waals surface area contributed by atoms with Crippen LogP contribution in [0.5, 0.6) is 5.75 Å². The number of hydrogen-bond acceptors (Lipinski definition) is 4. The summed E-state index contributed by atoms with van der Waals surface area (Å²) in [5.41, 5.74) is 0.513. The number of halogens is 1. The van der Waals surface area contributed by atoms with E-state index >= 15 is 0 Å². The Bertz CT molecular complexity index is 664. The molecule has 0 N–H and O–H groups in total. The summed E-state index contributed by atoms with van der Waals surface area (Å²) < 4.78 is 10.6. The van der Waals surface area contributed by atoms with Crippen molar-refractivity contribution < 1.29 is 13.9 Å². The first kappa shape index (κ1) is 15.9. The Morgan fingerprint density at radius 1 is 1.26 bits per heavy atom. The van der Waals surface area contributed by atoms with Crippen LogP contribution in [0.1, 0.15) is 16.1 Å². The molecule has 1 aromatic heterocycles. The van der Waals surface area contributed by atoms with E-state index in [4.69, 9.17) is 20.8 Å². The number of rotatable bonds is 4. The van der Waals surface area contributed by atoms with Crippen molar-refractivity contribution in [1.29, 1.82) is 0 Å². The van der Waals surface area contributed by atoms with Gasteiger partial charge in [-0.2, -0.15) is 0 Å². The average Bonchev–Trinajstić information content (AvgIpc) is 3.08. The van der Waals surface area contributed by atoms with Crippen LogP contribution in [0.2, 0.25) is 5.02 Å². The minimum atomic E-state index is -0.0398. The maximum Gasteiger partial charge on any atom is 0.257 e. The second-order valence-electron chi connectivity index (χ2n) is 5.49. The smallest absolute Gasteiger partial charge is 0.257 e. The lowest BCUT2D eigenvalue weighted by molar-refractivity contribution is 0.0617. The Hall–Kier alpha value is -1.98. The Morgan fingerprint density at radius 2 is 2.04 bits per heavy atom. The van der Waals surface area contributed by atoms with Gasteiger partial charge in [-0.15, -0.1) is 0 Å². The standard InChI is InChI=1S/C17H19ClN2O3/c1-22-16-5-4-13(18)11-15(16)17(21)20-8-6-19(7-9-20)12-14-3-2-10-23-14/h2-5,10-11H,6-9,12H2,1H3. The van der Waals surface area contributed by atoms with Crippen LogP contribution >= 0.6 is 11.6 Å². The van der Waals surface area contributed by atoms with Gasteiger partial charge in [0, 0.05) is 31.2 Å². The lowest BCUT2D eigenvalue weighted by Gasteiger charge is -2.34. The molecule has 1 amide bonds. The number of hydrogen-bond donors (Lipinski definition) is 0. The molecule has 0 bridgehead atoms. The van der Waals surface area contributed by atoms with Crippen LogP contribution in [0.15, 0.2) is 41.0 Å². The number of nitrogens with zero attached hydrogens (tertiary/aromatic N) is 2. The van der Waals surface area contributed by atoms with Crippen molar-refractivity contribution in [3.63, 3.8) is 0 Å². The van der Waals surface area contributed by atoms with E-state index in [1.54, 1.807) is 31.6 Å². The summed E-state index contributed by atoms with van der Waals surface area (Å²) in [5, 5.41) is 0.533. The van der Waals surface area contributed by atoms with Crippen LogP contribution in [-0.2, 0) is 6.54 Å². The van der Waals surface area contributed by atoms with Crippen molar-refractivity contribution in [1.82, 2.24) is 9.80 Å². The fourth-order valence-electron chi connectivity index (χ4n) is 2.75. The summed E-state index contributed by atoms with van der Waals surface area (Å²) in [5.74, 6) is 1.46. The molecule has 2 heterocycles. The number of carbonyl (C=O) groups excluding carboxylic acids is 1. The fourth-order valence-corrected chi connectivity index (χ4v) is 2.92. The van der Waals surface area contributed by atoms with Crippen molar-refractivity contribution in [3.05, 3.63) is 52.9 Å². The first-order valence-electron chi connectivity index (χ1n) is 7.55. The van der Waals surface area contributed by atoms with Gasteiger partial charge in [-0.25, -0.2) is 0 Å². The highest BCUT2D eigenvalue weighted by atomic mass is 35.5. The number of furan rings is 1. The first-order chi connectivity index (χ1) is 11.2. The zero-order valence-electron chi connectivity index (χ0n) is 13.0. The quantitative estimate of drug-likeness (QED) is 0.862. The molecule has 0 aliphatic carbocycles. The molecule has 0 unspecified atom stereocenters. The third kappa shape index (κ3) is 3.68. The van der Waals surface area contributed by atoms with Crippen molar-refractivity contribution in [2.45, 2.75) is 6.54 Å². The predicted octanol–water partition coefficient (Wildman–Crippen LogP) is 2.90. The molecule has 5 nitrogen and oxygen atoms in total. The largest absolute Gasteiger partial charge is 0.496 e. The Balaban J connectivity index is 1.63. The summed E-state index contributed by atoms with van der Waals surface area (Å²) >= 11 is 6.01. The van der Waals surface area contributed by atoms with Crippen LogP contribution in [0.4, 0.5) is 0 Å². The van der Waals surface area contributed by atoms with Crippen LogP contribution in [0.25, 0.3) is 0 Å². The third-order valence-corrected chi connectivity index (χ3v) is 4.25. The predicted molar refractivity (Wildman–Crippen MR) is 87.9 cm³/mol. The normalized spacial score (nSPS) is 15.7. The van der Waals surface area contributed by atoms with Crippen molar-refractivity contribution in [3.8, 4) is 5.75 Å². The number of ether oxygens (including phenoxy) is 1. The lowest BCUT2D eigenvalue weighted by atomic mass is 10.1. The summed E-state index contributed by atoms with van der Waals surface area (Å²) in [7, 11) is 1.56. The monoisotopic (exact) mass is 334 g/mol. The van der Waals surface area contributed by atoms with E-state index in [9.17, 15) is 4.79 Å². The van der Waals surface area contributed by atoms with E-state index < -0.39 is 0 Å². The molecule has 1 saturated heterocycles. The second-order valence-corrected chi connectivity index (χ2v) is 5.93. The van der Waals surface area contributed by atoms with Crippen molar-refractivity contribution in [2.75, 3.05) is 33.3 Å². The maximum absolute atomic E-state index is 12.7. The van der Waals surface area contributed by atoms with E-state index in [0.29, 0.717) is 29.4 Å². The van der Waals surface area contributed by atoms with Gasteiger partial charge in [-0.1, -0.05) is 11.6 Å². The first-order valence-corrected chi connectivity index (χ1v) is 7.92. The van der Waals surface area contributed by atoms with Crippen molar-refractivity contribution in [2.24, 2.45) is 0 Å². The molecule has 0 saturated carbocycles. The highest BCUT2D eigenvalue weighted by Gasteiger charge is 2.24. The van der Waals surface area contributed by atoms with Crippen LogP contribution in [0, 0.1) is 0 Å². The molecule has 2 aromatic rings. The lowest BCUT2D eigenvalue weighted by Crippen LogP contribution is -2.48. The Labute approximate surface area is 140 Å². The number of amides is 1. The molecule has 3 rings (SSSR count). The molecule has 1 fully saturated rings. The minimum Gasteiger partial charge on any atom is -0.496 e. The molecule has 1 aromatic carbocycles. The molecule has 0 radical (unpaired) electrons. The molecular weight excluding hydrogens is 316 g/mol. The van der Waals surface area contributed by atoms with E-state index in [-0.39, 0.29) is 5.91 Å². The number of benzene rings is 1. The van der Waals surface area contributed by atoms with Crippen LogP contribution in [-0.4, -0.2) is 49.0 Å². The highest BCUT2D eigenvalue weighted by Crippen LogP contribution is 2.24. The van der Waals surface area contributed by atoms with Gasteiger partial charge < -0.3 is 14.1 Å². The third-order valence-electron chi connectivity index (χ3n) is 4.01. The SMILES string of the molecule is COc1ccc(Cl)cc1C(=O)N1CCN(Cc2ccco2)CC1. The van der Waals surface area contributed by atoms with Gasteiger partial charge in [-0.05, 0) is 30.3 Å². The van der Waals surface area contributed by atoms with E-state index in [1.165, 1.54) is 0 Å². The summed E-state index contributed by atoms with van der Waals surface area (Å²) in [6.45, 7) is 3.75. The van der Waals surface area contributed by atoms with Gasteiger partial charge >= 0.3 is 0 Å². The molecule has 0 atom stereocenters. The van der Waals surface area contributed by atoms with Gasteiger partial charge in [-0.3, -0.25) is 9.69 Å². The molecular formula is C17H19ClN2O3. The molecule has 122 valence electrons. The zero-order valence-corrected chi connectivity index (χ0v) is 13.8. The van der Waals surface area contributed by atoms with E-state index in [2.05, 4.69) is 4.90 Å². The Kier molecular flexibility index (Phi) is 4.88. The van der Waals surface area contributed by atoms with Gasteiger partial charge in [0.15, 0.2) is 0 Å².